The van der Waals surface area contributed by atoms with Gasteiger partial charge in [-0.05, 0) is 43.7 Å². The van der Waals surface area contributed by atoms with Crippen LogP contribution in [0.25, 0.3) is 0 Å². The first-order valence-electron chi connectivity index (χ1n) is 6.74. The molecule has 21 heavy (non-hydrogen) atoms. The molecule has 0 bridgehead atoms. The quantitative estimate of drug-likeness (QED) is 0.870. The number of carbonyl (C=O) groups excluding carboxylic acids is 1. The van der Waals surface area contributed by atoms with Crippen molar-refractivity contribution in [3.63, 3.8) is 0 Å². The van der Waals surface area contributed by atoms with Crippen LogP contribution in [0.15, 0.2) is 40.9 Å². The molecule has 0 aliphatic carbocycles. The Morgan fingerprint density at radius 3 is 2.71 bits per heavy atom. The van der Waals surface area contributed by atoms with Gasteiger partial charge in [-0.3, -0.25) is 4.79 Å². The van der Waals surface area contributed by atoms with E-state index in [2.05, 4.69) is 36.8 Å². The highest BCUT2D eigenvalue weighted by molar-refractivity contribution is 9.10. The van der Waals surface area contributed by atoms with E-state index >= 15 is 0 Å². The number of benzene rings is 1. The fourth-order valence-electron chi connectivity index (χ4n) is 1.86. The van der Waals surface area contributed by atoms with Crippen LogP contribution in [-0.4, -0.2) is 22.6 Å². The second kappa shape index (κ2) is 7.17. The van der Waals surface area contributed by atoms with Crippen LogP contribution in [0.1, 0.15) is 35.9 Å². The zero-order chi connectivity index (χ0) is 15.2. The number of carbonyl (C=O) groups is 1. The second-order valence-corrected chi connectivity index (χ2v) is 5.50. The summed E-state index contributed by atoms with van der Waals surface area (Å²) in [6.07, 6.45) is 0. The highest BCUT2D eigenvalue weighted by atomic mass is 79.9. The van der Waals surface area contributed by atoms with E-state index in [0.29, 0.717) is 18.1 Å². The maximum absolute atomic E-state index is 11.6. The van der Waals surface area contributed by atoms with Crippen LogP contribution < -0.4 is 10.6 Å². The Bertz CT molecular complexity index is 615. The zero-order valence-corrected chi connectivity index (χ0v) is 13.5. The van der Waals surface area contributed by atoms with Crippen molar-refractivity contribution in [1.29, 1.82) is 0 Å². The molecule has 1 heterocycles. The molecule has 0 fully saturated rings. The number of rotatable bonds is 5. The molecule has 1 amide bonds. The number of nitrogens with zero attached hydrogens (tertiary/aromatic N) is 2. The summed E-state index contributed by atoms with van der Waals surface area (Å²) in [5.41, 5.74) is 1.46. The summed E-state index contributed by atoms with van der Waals surface area (Å²) in [6.45, 7) is 4.47. The monoisotopic (exact) mass is 348 g/mol. The first kappa shape index (κ1) is 15.4. The molecule has 0 saturated heterocycles. The molecule has 0 aliphatic heterocycles. The molecule has 0 radical (unpaired) electrons. The molecule has 6 heteroatoms. The molecule has 0 saturated carbocycles. The van der Waals surface area contributed by atoms with Crippen LogP contribution >= 0.6 is 15.9 Å². The topological polar surface area (TPSA) is 66.9 Å². The van der Waals surface area contributed by atoms with Crippen molar-refractivity contribution in [1.82, 2.24) is 15.5 Å². The van der Waals surface area contributed by atoms with Gasteiger partial charge >= 0.3 is 0 Å². The van der Waals surface area contributed by atoms with Gasteiger partial charge in [0.25, 0.3) is 5.91 Å². The standard InChI is InChI=1S/C15H17BrN4O/c1-3-17-15(21)13-7-8-14(20-19-13)18-10(2)11-5-4-6-12(16)9-11/h4-10H,3H2,1-2H3,(H,17,21)(H,18,20). The summed E-state index contributed by atoms with van der Waals surface area (Å²) in [7, 11) is 0. The van der Waals surface area contributed by atoms with E-state index < -0.39 is 0 Å². The van der Waals surface area contributed by atoms with Gasteiger partial charge in [-0.15, -0.1) is 10.2 Å². The number of aromatic nitrogens is 2. The van der Waals surface area contributed by atoms with Crippen molar-refractivity contribution in [3.8, 4) is 0 Å². The molecular weight excluding hydrogens is 332 g/mol. The van der Waals surface area contributed by atoms with E-state index in [1.807, 2.05) is 38.1 Å². The van der Waals surface area contributed by atoms with Gasteiger partial charge in [0.15, 0.2) is 5.69 Å². The molecule has 2 aromatic rings. The molecule has 1 unspecified atom stereocenters. The number of hydrogen-bond acceptors (Lipinski definition) is 4. The summed E-state index contributed by atoms with van der Waals surface area (Å²) < 4.78 is 1.03. The van der Waals surface area contributed by atoms with Crippen LogP contribution in [0.5, 0.6) is 0 Å². The van der Waals surface area contributed by atoms with Gasteiger partial charge in [0.1, 0.15) is 5.82 Å². The lowest BCUT2D eigenvalue weighted by Crippen LogP contribution is -2.24. The Hall–Kier alpha value is -1.95. The average molecular weight is 349 g/mol. The molecule has 110 valence electrons. The fourth-order valence-corrected chi connectivity index (χ4v) is 2.28. The van der Waals surface area contributed by atoms with Crippen molar-refractivity contribution in [2.75, 3.05) is 11.9 Å². The van der Waals surface area contributed by atoms with Gasteiger partial charge in [-0.2, -0.15) is 0 Å². The Balaban J connectivity index is 2.04. The Morgan fingerprint density at radius 2 is 2.10 bits per heavy atom. The normalized spacial score (nSPS) is 11.8. The summed E-state index contributed by atoms with van der Waals surface area (Å²) in [6, 6.07) is 11.6. The first-order valence-corrected chi connectivity index (χ1v) is 7.53. The predicted octanol–water partition coefficient (Wildman–Crippen LogP) is 3.16. The van der Waals surface area contributed by atoms with Crippen LogP contribution in [0.2, 0.25) is 0 Å². The van der Waals surface area contributed by atoms with E-state index in [-0.39, 0.29) is 11.9 Å². The molecule has 1 aromatic carbocycles. The highest BCUT2D eigenvalue weighted by Gasteiger charge is 2.09. The third-order valence-corrected chi connectivity index (χ3v) is 3.44. The van der Waals surface area contributed by atoms with Crippen LogP contribution in [0.4, 0.5) is 5.82 Å². The number of anilines is 1. The predicted molar refractivity (Wildman–Crippen MR) is 86.2 cm³/mol. The highest BCUT2D eigenvalue weighted by Crippen LogP contribution is 2.20. The van der Waals surface area contributed by atoms with Gasteiger partial charge < -0.3 is 10.6 Å². The lowest BCUT2D eigenvalue weighted by Gasteiger charge is -2.14. The van der Waals surface area contributed by atoms with Crippen molar-refractivity contribution < 1.29 is 4.79 Å². The van der Waals surface area contributed by atoms with E-state index in [4.69, 9.17) is 0 Å². The molecule has 0 aliphatic rings. The minimum absolute atomic E-state index is 0.0899. The molecular formula is C15H17BrN4O. The van der Waals surface area contributed by atoms with Gasteiger partial charge in [0.2, 0.25) is 0 Å². The Morgan fingerprint density at radius 1 is 1.29 bits per heavy atom. The number of amides is 1. The minimum atomic E-state index is -0.211. The molecule has 5 nitrogen and oxygen atoms in total. The van der Waals surface area contributed by atoms with E-state index in [1.165, 1.54) is 0 Å². The lowest BCUT2D eigenvalue weighted by molar-refractivity contribution is 0.0950. The average Bonchev–Trinajstić information content (AvgIpc) is 2.48. The Labute approximate surface area is 132 Å². The maximum atomic E-state index is 11.6. The third-order valence-electron chi connectivity index (χ3n) is 2.95. The molecule has 2 N–H and O–H groups in total. The van der Waals surface area contributed by atoms with Gasteiger partial charge in [-0.25, -0.2) is 0 Å². The van der Waals surface area contributed by atoms with Gasteiger partial charge in [-0.1, -0.05) is 28.1 Å². The Kier molecular flexibility index (Phi) is 5.27. The van der Waals surface area contributed by atoms with Crippen molar-refractivity contribution in [3.05, 3.63) is 52.1 Å². The SMILES string of the molecule is CCNC(=O)c1ccc(NC(C)c2cccc(Br)c2)nn1. The number of halogens is 1. The molecule has 2 rings (SSSR count). The van der Waals surface area contributed by atoms with Crippen LogP contribution in [0.3, 0.4) is 0 Å². The summed E-state index contributed by atoms with van der Waals surface area (Å²) in [5.74, 6) is 0.423. The maximum Gasteiger partial charge on any atom is 0.271 e. The second-order valence-electron chi connectivity index (χ2n) is 4.58. The van der Waals surface area contributed by atoms with Crippen molar-refractivity contribution in [2.24, 2.45) is 0 Å². The minimum Gasteiger partial charge on any atom is -0.362 e. The molecule has 1 aromatic heterocycles. The largest absolute Gasteiger partial charge is 0.362 e. The van der Waals surface area contributed by atoms with Crippen LogP contribution in [-0.2, 0) is 0 Å². The lowest BCUT2D eigenvalue weighted by atomic mass is 10.1. The van der Waals surface area contributed by atoms with Gasteiger partial charge in [0, 0.05) is 11.0 Å². The van der Waals surface area contributed by atoms with Crippen molar-refractivity contribution in [2.45, 2.75) is 19.9 Å². The number of hydrogen-bond donors (Lipinski definition) is 2. The first-order chi connectivity index (χ1) is 10.1. The summed E-state index contributed by atoms with van der Waals surface area (Å²) >= 11 is 3.46. The smallest absolute Gasteiger partial charge is 0.271 e. The fraction of sp³-hybridized carbons (Fsp3) is 0.267. The molecule has 1 atom stereocenters. The zero-order valence-electron chi connectivity index (χ0n) is 11.9. The van der Waals surface area contributed by atoms with E-state index in [9.17, 15) is 4.79 Å². The summed E-state index contributed by atoms with van der Waals surface area (Å²) in [4.78, 5) is 11.6. The third kappa shape index (κ3) is 4.26. The number of nitrogens with one attached hydrogen (secondary N) is 2. The molecule has 0 spiro atoms. The summed E-state index contributed by atoms with van der Waals surface area (Å²) in [5, 5.41) is 13.9. The van der Waals surface area contributed by atoms with E-state index in [1.54, 1.807) is 12.1 Å². The van der Waals surface area contributed by atoms with Crippen molar-refractivity contribution >= 4 is 27.7 Å². The van der Waals surface area contributed by atoms with Gasteiger partial charge in [0.05, 0.1) is 6.04 Å². The van der Waals surface area contributed by atoms with Crippen LogP contribution in [0, 0.1) is 0 Å². The van der Waals surface area contributed by atoms with E-state index in [0.717, 1.165) is 10.0 Å².